The molecule has 0 radical (unpaired) electrons. The number of carbonyl (C=O) groups excluding carboxylic acids is 1. The number of hydrogen-bond acceptors (Lipinski definition) is 10. The minimum Gasteiger partial charge on any atom is -0.461 e. The van der Waals surface area contributed by atoms with Crippen molar-refractivity contribution in [2.75, 3.05) is 50.7 Å². The van der Waals surface area contributed by atoms with Crippen molar-refractivity contribution in [3.8, 4) is 22.3 Å². The second-order valence-corrected chi connectivity index (χ2v) is 18.7. The number of nitrogens with one attached hydrogen (secondary N) is 1. The molecule has 1 saturated carbocycles. The molecule has 3 fully saturated rings. The second-order valence-electron chi connectivity index (χ2n) is 16.7. The van der Waals surface area contributed by atoms with Gasteiger partial charge in [-0.05, 0) is 94.7 Å². The van der Waals surface area contributed by atoms with E-state index >= 15 is 0 Å². The Hall–Kier alpha value is -4.82. The van der Waals surface area contributed by atoms with Gasteiger partial charge in [-0.1, -0.05) is 47.5 Å². The Morgan fingerprint density at radius 3 is 2.33 bits per heavy atom. The molecular weight excluding hydrogens is 816 g/mol. The van der Waals surface area contributed by atoms with Crippen molar-refractivity contribution in [1.82, 2.24) is 39.5 Å². The number of carbonyl (C=O) groups is 1. The molecule has 12 nitrogen and oxygen atoms in total. The summed E-state index contributed by atoms with van der Waals surface area (Å²) in [6.07, 6.45) is 5.81. The van der Waals surface area contributed by atoms with Crippen LogP contribution in [0.25, 0.3) is 27.4 Å². The van der Waals surface area contributed by atoms with Gasteiger partial charge >= 0.3 is 0 Å². The Labute approximate surface area is 363 Å². The van der Waals surface area contributed by atoms with E-state index in [1.165, 1.54) is 22.5 Å². The fourth-order valence-electron chi connectivity index (χ4n) is 8.98. The molecule has 6 aromatic rings. The average Bonchev–Trinajstić information content (AvgIpc) is 3.88. The monoisotopic (exact) mass is 862 g/mol. The highest BCUT2D eigenvalue weighted by atomic mass is 35.5. The smallest absolute Gasteiger partial charge is 0.296 e. The number of anilines is 1. The number of aromatic nitrogens is 6. The molecule has 10 rings (SSSR count). The lowest BCUT2D eigenvalue weighted by Gasteiger charge is -2.39. The molecular formula is C45H48Cl2N10O2S. The zero-order valence-electron chi connectivity index (χ0n) is 34.1. The molecule has 0 bridgehead atoms. The van der Waals surface area contributed by atoms with Gasteiger partial charge in [-0.3, -0.25) is 19.3 Å². The number of aliphatic imine (C=N–C) groups is 1. The van der Waals surface area contributed by atoms with Gasteiger partial charge in [0.2, 0.25) is 5.91 Å². The maximum absolute atomic E-state index is 14.0. The Kier molecular flexibility index (Phi) is 10.6. The van der Waals surface area contributed by atoms with E-state index in [0.29, 0.717) is 33.4 Å². The number of piperidine rings is 1. The summed E-state index contributed by atoms with van der Waals surface area (Å²) in [5, 5.41) is 11.4. The molecule has 4 aromatic heterocycles. The largest absolute Gasteiger partial charge is 0.461 e. The normalized spacial score (nSPS) is 18.9. The summed E-state index contributed by atoms with van der Waals surface area (Å²) in [5.74, 6) is 2.19. The van der Waals surface area contributed by atoms with Crippen molar-refractivity contribution in [3.05, 3.63) is 97.9 Å². The first-order valence-electron chi connectivity index (χ1n) is 21.1. The predicted octanol–water partition coefficient (Wildman–Crippen LogP) is 8.77. The zero-order chi connectivity index (χ0) is 41.1. The maximum atomic E-state index is 14.0. The van der Waals surface area contributed by atoms with Crippen LogP contribution in [0.1, 0.15) is 77.8 Å². The predicted molar refractivity (Wildman–Crippen MR) is 238 cm³/mol. The molecule has 0 unspecified atom stereocenters. The van der Waals surface area contributed by atoms with Crippen molar-refractivity contribution in [2.45, 2.75) is 71.4 Å². The molecule has 60 heavy (non-hydrogen) atoms. The number of aryl methyl sites for hydroxylation is 2. The number of aromatic amines is 1. The first-order chi connectivity index (χ1) is 29.1. The number of hydrogen-bond donors (Lipinski definition) is 1. The Bertz CT molecular complexity index is 2580. The summed E-state index contributed by atoms with van der Waals surface area (Å²) in [7, 11) is 0. The number of halogens is 2. The number of amides is 1. The molecule has 0 spiro atoms. The van der Waals surface area contributed by atoms with Crippen LogP contribution in [0.2, 0.25) is 10.0 Å². The van der Waals surface area contributed by atoms with E-state index in [2.05, 4.69) is 72.6 Å². The summed E-state index contributed by atoms with van der Waals surface area (Å²) in [5.41, 5.74) is 8.37. The van der Waals surface area contributed by atoms with E-state index in [1.807, 2.05) is 42.2 Å². The van der Waals surface area contributed by atoms with Crippen molar-refractivity contribution >= 4 is 63.0 Å². The van der Waals surface area contributed by atoms with Crippen LogP contribution in [-0.2, 0) is 4.79 Å². The second kappa shape index (κ2) is 16.2. The number of nitrogens with zero attached hydrogens (tertiary/aromatic N) is 9. The third-order valence-corrected chi connectivity index (χ3v) is 14.6. The van der Waals surface area contributed by atoms with Crippen molar-refractivity contribution < 1.29 is 9.53 Å². The molecule has 2 aromatic carbocycles. The molecule has 310 valence electrons. The summed E-state index contributed by atoms with van der Waals surface area (Å²) < 4.78 is 8.06. The minimum atomic E-state index is -0.459. The molecule has 7 heterocycles. The van der Waals surface area contributed by atoms with Gasteiger partial charge in [0, 0.05) is 78.1 Å². The first-order valence-corrected chi connectivity index (χ1v) is 22.7. The maximum Gasteiger partial charge on any atom is 0.296 e. The third-order valence-electron chi connectivity index (χ3n) is 12.8. The highest BCUT2D eigenvalue weighted by Gasteiger charge is 2.34. The lowest BCUT2D eigenvalue weighted by molar-refractivity contribution is -0.133. The molecule has 2 saturated heterocycles. The average molecular weight is 864 g/mol. The topological polar surface area (TPSA) is 121 Å². The van der Waals surface area contributed by atoms with Gasteiger partial charge in [0.1, 0.15) is 23.0 Å². The number of benzene rings is 2. The van der Waals surface area contributed by atoms with E-state index in [1.54, 1.807) is 11.3 Å². The number of likely N-dealkylation sites (tertiary alicyclic amines) is 1. The molecule has 15 heteroatoms. The van der Waals surface area contributed by atoms with Crippen LogP contribution in [-0.4, -0.2) is 103 Å². The van der Waals surface area contributed by atoms with Gasteiger partial charge in [0.15, 0.2) is 11.5 Å². The first kappa shape index (κ1) is 39.3. The van der Waals surface area contributed by atoms with Crippen LogP contribution >= 0.6 is 34.5 Å². The van der Waals surface area contributed by atoms with Gasteiger partial charge in [-0.2, -0.15) is 4.98 Å². The number of imidazole rings is 1. The number of pyridine rings is 1. The minimum absolute atomic E-state index is 0.116. The summed E-state index contributed by atoms with van der Waals surface area (Å²) in [6.45, 7) is 12.8. The molecule has 1 aliphatic carbocycles. The highest BCUT2D eigenvalue weighted by molar-refractivity contribution is 7.15. The quantitative estimate of drug-likeness (QED) is 0.153. The SMILES string of the molecule is Cc1sc2c(c1C)C(c1ccc(Cl)cc1)=N[C@@H](CC(=O)N1CCC(CN3CCN(c4ccc(-c5nc6nc(OC7CCC7)[nH]c6cc5Cl)cc4)CC3)CC1)c1nnc(C)n1-2. The van der Waals surface area contributed by atoms with Gasteiger partial charge in [-0.25, -0.2) is 4.98 Å². The molecule has 4 aliphatic rings. The molecule has 1 N–H and O–H groups in total. The molecule has 3 aliphatic heterocycles. The third kappa shape index (κ3) is 7.58. The number of ether oxygens (including phenoxy) is 1. The van der Waals surface area contributed by atoms with Crippen molar-refractivity contribution in [1.29, 1.82) is 0 Å². The number of piperazine rings is 1. The highest BCUT2D eigenvalue weighted by Crippen LogP contribution is 2.40. The summed E-state index contributed by atoms with van der Waals surface area (Å²) in [6, 6.07) is 18.3. The van der Waals surface area contributed by atoms with Crippen LogP contribution in [0.3, 0.4) is 0 Å². The standard InChI is InChI=1S/C45H48Cl2N10O2S/c1-26-27(2)60-44-39(26)41(31-7-11-32(46)12-8-31)48-37(43-53-52-28(3)57(43)44)24-38(58)56-17-15-29(16-18-56)25-54-19-21-55(22-20-54)33-13-9-30(10-14-33)40-35(47)23-36-42(50-40)51-45(49-36)59-34-5-4-6-34/h7-14,23,29,34,37H,4-6,15-22,24-25H2,1-3H3,(H,49,50,51)/t37-/m0/s1. The Balaban J connectivity index is 0.743. The lowest BCUT2D eigenvalue weighted by Crippen LogP contribution is -2.49. The van der Waals surface area contributed by atoms with E-state index in [9.17, 15) is 4.79 Å². The Morgan fingerprint density at radius 2 is 1.62 bits per heavy atom. The van der Waals surface area contributed by atoms with Crippen LogP contribution in [0.4, 0.5) is 5.69 Å². The van der Waals surface area contributed by atoms with Gasteiger partial charge in [0.05, 0.1) is 28.4 Å². The number of H-pyrrole nitrogens is 1. The van der Waals surface area contributed by atoms with Crippen molar-refractivity contribution in [3.63, 3.8) is 0 Å². The molecule has 1 atom stereocenters. The van der Waals surface area contributed by atoms with Crippen LogP contribution in [0.5, 0.6) is 6.01 Å². The van der Waals surface area contributed by atoms with E-state index < -0.39 is 6.04 Å². The zero-order valence-corrected chi connectivity index (χ0v) is 36.5. The summed E-state index contributed by atoms with van der Waals surface area (Å²) >= 11 is 14.7. The number of thiophene rings is 1. The van der Waals surface area contributed by atoms with Crippen molar-refractivity contribution in [2.24, 2.45) is 10.9 Å². The lowest BCUT2D eigenvalue weighted by atomic mass is 9.95. The number of rotatable bonds is 9. The van der Waals surface area contributed by atoms with Crippen LogP contribution in [0, 0.1) is 26.7 Å². The van der Waals surface area contributed by atoms with E-state index in [-0.39, 0.29) is 18.4 Å². The fourth-order valence-corrected chi connectivity index (χ4v) is 10.6. The van der Waals surface area contributed by atoms with Gasteiger partial charge < -0.3 is 19.5 Å². The van der Waals surface area contributed by atoms with Gasteiger partial charge in [-0.15, -0.1) is 21.5 Å². The summed E-state index contributed by atoms with van der Waals surface area (Å²) in [4.78, 5) is 40.3. The fraction of sp³-hybridized carbons (Fsp3) is 0.422. The van der Waals surface area contributed by atoms with Crippen LogP contribution < -0.4 is 9.64 Å². The van der Waals surface area contributed by atoms with Gasteiger partial charge in [0.25, 0.3) is 6.01 Å². The number of fused-ring (bicyclic) bond motifs is 4. The van der Waals surface area contributed by atoms with E-state index in [0.717, 1.165) is 116 Å². The molecule has 1 amide bonds. The van der Waals surface area contributed by atoms with E-state index in [4.69, 9.17) is 37.9 Å². The van der Waals surface area contributed by atoms with Crippen LogP contribution in [0.15, 0.2) is 59.6 Å². The Morgan fingerprint density at radius 1 is 0.883 bits per heavy atom.